The summed E-state index contributed by atoms with van der Waals surface area (Å²) in [5, 5.41) is 7.61. The number of nitrogens with one attached hydrogen (secondary N) is 1. The lowest BCUT2D eigenvalue weighted by Gasteiger charge is -2.27. The van der Waals surface area contributed by atoms with Crippen LogP contribution in [0.1, 0.15) is 58.5 Å². The van der Waals surface area contributed by atoms with Crippen LogP contribution in [0.3, 0.4) is 0 Å². The van der Waals surface area contributed by atoms with Gasteiger partial charge < -0.3 is 14.4 Å². The Morgan fingerprint density at radius 2 is 1.78 bits per heavy atom. The average Bonchev–Trinajstić information content (AvgIpc) is 3.46. The molecule has 0 spiro atoms. The van der Waals surface area contributed by atoms with Gasteiger partial charge in [0.1, 0.15) is 12.3 Å². The highest BCUT2D eigenvalue weighted by atomic mass is 16.5. The second kappa shape index (κ2) is 10.3. The van der Waals surface area contributed by atoms with Gasteiger partial charge in [0.15, 0.2) is 11.5 Å². The van der Waals surface area contributed by atoms with Crippen LogP contribution >= 0.6 is 0 Å². The molecule has 1 aromatic heterocycles. The Kier molecular flexibility index (Phi) is 6.76. The highest BCUT2D eigenvalue weighted by molar-refractivity contribution is 6.00. The summed E-state index contributed by atoms with van der Waals surface area (Å²) in [5.41, 5.74) is 6.51. The van der Waals surface area contributed by atoms with Crippen LogP contribution in [0.4, 0.5) is 0 Å². The predicted octanol–water partition coefficient (Wildman–Crippen LogP) is 6.32. The van der Waals surface area contributed by atoms with Gasteiger partial charge in [-0.1, -0.05) is 79.6 Å². The highest BCUT2D eigenvalue weighted by Gasteiger charge is 2.42. The molecule has 1 N–H and O–H groups in total. The van der Waals surface area contributed by atoms with E-state index in [0.29, 0.717) is 30.3 Å². The third kappa shape index (κ3) is 4.47. The van der Waals surface area contributed by atoms with Crippen LogP contribution in [-0.2, 0) is 6.61 Å². The number of aryl methyl sites for hydroxylation is 1. The Bertz CT molecular complexity index is 1350. The standard InChI is InChI=1S/C30H31N3O3/c1-4-5-17-33-29(26-27(31-32-28(26)30(33)34)22-13-11-20(2)12-14-22)23-15-16-24(25(18-23)35-3)36-19-21-9-7-6-8-10-21/h6-16,18,29H,4-5,17,19H2,1-3H3,(H,31,32). The molecule has 0 fully saturated rings. The number of amides is 1. The minimum Gasteiger partial charge on any atom is -0.493 e. The van der Waals surface area contributed by atoms with E-state index in [4.69, 9.17) is 9.47 Å². The van der Waals surface area contributed by atoms with Crippen LogP contribution in [0.15, 0.2) is 72.8 Å². The number of carbonyl (C=O) groups excluding carboxylic acids is 1. The van der Waals surface area contributed by atoms with Crippen LogP contribution in [0, 0.1) is 6.92 Å². The quantitative estimate of drug-likeness (QED) is 0.304. The summed E-state index contributed by atoms with van der Waals surface area (Å²) in [4.78, 5) is 15.4. The van der Waals surface area contributed by atoms with Crippen LogP contribution in [0.25, 0.3) is 11.3 Å². The Labute approximate surface area is 211 Å². The molecule has 1 aliphatic rings. The van der Waals surface area contributed by atoms with E-state index in [-0.39, 0.29) is 11.9 Å². The zero-order chi connectivity index (χ0) is 25.1. The lowest BCUT2D eigenvalue weighted by atomic mass is 9.95. The number of aromatic nitrogens is 2. The highest BCUT2D eigenvalue weighted by Crippen LogP contribution is 2.44. The molecule has 0 aliphatic carbocycles. The van der Waals surface area contributed by atoms with E-state index in [9.17, 15) is 4.79 Å². The maximum atomic E-state index is 13.5. The Balaban J connectivity index is 1.53. The van der Waals surface area contributed by atoms with Gasteiger partial charge in [-0.05, 0) is 36.6 Å². The monoisotopic (exact) mass is 481 g/mol. The fraction of sp³-hybridized carbons (Fsp3) is 0.267. The van der Waals surface area contributed by atoms with Gasteiger partial charge in [0, 0.05) is 17.7 Å². The topological polar surface area (TPSA) is 67.5 Å². The van der Waals surface area contributed by atoms with E-state index in [2.05, 4.69) is 48.3 Å². The minimum absolute atomic E-state index is 0.0160. The number of carbonyl (C=O) groups is 1. The number of hydrogen-bond acceptors (Lipinski definition) is 4. The van der Waals surface area contributed by atoms with E-state index in [1.807, 2.05) is 53.4 Å². The maximum Gasteiger partial charge on any atom is 0.273 e. The SMILES string of the molecule is CCCCN1C(=O)c2[nH]nc(-c3ccc(C)cc3)c2C1c1ccc(OCc2ccccc2)c(OC)c1. The molecule has 4 aromatic rings. The summed E-state index contributed by atoms with van der Waals surface area (Å²) < 4.78 is 11.8. The lowest BCUT2D eigenvalue weighted by Crippen LogP contribution is -2.30. The summed E-state index contributed by atoms with van der Waals surface area (Å²) in [6, 6.07) is 24.0. The predicted molar refractivity (Wildman–Crippen MR) is 140 cm³/mol. The molecule has 1 aliphatic heterocycles. The summed E-state index contributed by atoms with van der Waals surface area (Å²) >= 11 is 0. The molecule has 0 saturated carbocycles. The molecule has 0 radical (unpaired) electrons. The Hall–Kier alpha value is -4.06. The van der Waals surface area contributed by atoms with Gasteiger partial charge >= 0.3 is 0 Å². The van der Waals surface area contributed by atoms with Gasteiger partial charge in [-0.25, -0.2) is 0 Å². The zero-order valence-corrected chi connectivity index (χ0v) is 21.0. The number of hydrogen-bond donors (Lipinski definition) is 1. The zero-order valence-electron chi connectivity index (χ0n) is 21.0. The fourth-order valence-electron chi connectivity index (χ4n) is 4.74. The van der Waals surface area contributed by atoms with Crippen LogP contribution in [0.5, 0.6) is 11.5 Å². The molecule has 184 valence electrons. The van der Waals surface area contributed by atoms with Crippen molar-refractivity contribution in [1.29, 1.82) is 0 Å². The number of unbranched alkanes of at least 4 members (excludes halogenated alkanes) is 1. The van der Waals surface area contributed by atoms with Crippen LogP contribution < -0.4 is 9.47 Å². The normalized spacial score (nSPS) is 14.7. The van der Waals surface area contributed by atoms with Gasteiger partial charge in [0.05, 0.1) is 18.8 Å². The smallest absolute Gasteiger partial charge is 0.273 e. The Morgan fingerprint density at radius 3 is 2.50 bits per heavy atom. The van der Waals surface area contributed by atoms with Gasteiger partial charge in [-0.15, -0.1) is 0 Å². The molecule has 5 rings (SSSR count). The van der Waals surface area contributed by atoms with Crippen molar-refractivity contribution in [1.82, 2.24) is 15.1 Å². The van der Waals surface area contributed by atoms with Gasteiger partial charge in [0.2, 0.25) is 0 Å². The van der Waals surface area contributed by atoms with E-state index < -0.39 is 0 Å². The molecule has 0 bridgehead atoms. The second-order valence-corrected chi connectivity index (χ2v) is 9.17. The van der Waals surface area contributed by atoms with E-state index >= 15 is 0 Å². The first-order chi connectivity index (χ1) is 17.6. The largest absolute Gasteiger partial charge is 0.493 e. The van der Waals surface area contributed by atoms with Crippen LogP contribution in [-0.4, -0.2) is 34.7 Å². The summed E-state index contributed by atoms with van der Waals surface area (Å²) in [5.74, 6) is 1.29. The molecule has 6 nitrogen and oxygen atoms in total. The number of nitrogens with zero attached hydrogens (tertiary/aromatic N) is 2. The average molecular weight is 482 g/mol. The molecular weight excluding hydrogens is 450 g/mol. The maximum absolute atomic E-state index is 13.5. The molecule has 3 aromatic carbocycles. The van der Waals surface area contributed by atoms with Crippen molar-refractivity contribution in [3.05, 3.63) is 101 Å². The van der Waals surface area contributed by atoms with Gasteiger partial charge in [-0.2, -0.15) is 5.10 Å². The number of benzene rings is 3. The van der Waals surface area contributed by atoms with Gasteiger partial charge in [0.25, 0.3) is 5.91 Å². The van der Waals surface area contributed by atoms with Crippen molar-refractivity contribution in [2.75, 3.05) is 13.7 Å². The van der Waals surface area contributed by atoms with Crippen molar-refractivity contribution < 1.29 is 14.3 Å². The summed E-state index contributed by atoms with van der Waals surface area (Å²) in [6.45, 7) is 5.32. The molecule has 1 unspecified atom stereocenters. The van der Waals surface area contributed by atoms with Crippen molar-refractivity contribution in [3.8, 4) is 22.8 Å². The molecule has 36 heavy (non-hydrogen) atoms. The number of methoxy groups -OCH3 is 1. The molecule has 1 atom stereocenters. The van der Waals surface area contributed by atoms with E-state index in [1.54, 1.807) is 7.11 Å². The van der Waals surface area contributed by atoms with Gasteiger partial charge in [-0.3, -0.25) is 9.89 Å². The third-order valence-electron chi connectivity index (χ3n) is 6.68. The van der Waals surface area contributed by atoms with E-state index in [0.717, 1.165) is 40.8 Å². The third-order valence-corrected chi connectivity index (χ3v) is 6.68. The fourth-order valence-corrected chi connectivity index (χ4v) is 4.74. The second-order valence-electron chi connectivity index (χ2n) is 9.17. The number of ether oxygens (including phenoxy) is 2. The van der Waals surface area contributed by atoms with Crippen molar-refractivity contribution in [2.24, 2.45) is 0 Å². The number of fused-ring (bicyclic) bond motifs is 1. The van der Waals surface area contributed by atoms with Crippen molar-refractivity contribution >= 4 is 5.91 Å². The molecule has 2 heterocycles. The summed E-state index contributed by atoms with van der Waals surface area (Å²) in [6.07, 6.45) is 1.93. The first-order valence-corrected chi connectivity index (χ1v) is 12.4. The summed E-state index contributed by atoms with van der Waals surface area (Å²) in [7, 11) is 1.64. The van der Waals surface area contributed by atoms with Crippen molar-refractivity contribution in [3.63, 3.8) is 0 Å². The van der Waals surface area contributed by atoms with E-state index in [1.165, 1.54) is 5.56 Å². The number of rotatable bonds is 9. The first kappa shape index (κ1) is 23.7. The number of aromatic amines is 1. The molecule has 6 heteroatoms. The molecule has 1 amide bonds. The number of H-pyrrole nitrogens is 1. The molecule has 0 saturated heterocycles. The lowest BCUT2D eigenvalue weighted by molar-refractivity contribution is 0.0741. The van der Waals surface area contributed by atoms with Crippen molar-refractivity contribution in [2.45, 2.75) is 39.3 Å². The van der Waals surface area contributed by atoms with Crippen LogP contribution in [0.2, 0.25) is 0 Å². The Morgan fingerprint density at radius 1 is 1.00 bits per heavy atom. The first-order valence-electron chi connectivity index (χ1n) is 12.4. The minimum atomic E-state index is -0.258. The molecular formula is C30H31N3O3.